The number of anilines is 1. The number of carbonyl (C=O) groups is 2. The van der Waals surface area contributed by atoms with Crippen LogP contribution in [0.3, 0.4) is 0 Å². The zero-order valence-electron chi connectivity index (χ0n) is 18.8. The highest BCUT2D eigenvalue weighted by atomic mass is 16.2. The van der Waals surface area contributed by atoms with Gasteiger partial charge in [0.1, 0.15) is 5.69 Å². The Labute approximate surface area is 184 Å². The van der Waals surface area contributed by atoms with Crippen LogP contribution < -0.4 is 10.2 Å². The number of hydrogen-bond donors (Lipinski definition) is 1. The summed E-state index contributed by atoms with van der Waals surface area (Å²) >= 11 is 0. The lowest BCUT2D eigenvalue weighted by atomic mass is 10.1. The van der Waals surface area contributed by atoms with E-state index in [-0.39, 0.29) is 17.4 Å². The molecule has 0 spiro atoms. The lowest BCUT2D eigenvalue weighted by Crippen LogP contribution is -2.49. The van der Waals surface area contributed by atoms with Crippen molar-refractivity contribution in [3.63, 3.8) is 0 Å². The van der Waals surface area contributed by atoms with E-state index in [0.29, 0.717) is 37.7 Å². The fourth-order valence-electron chi connectivity index (χ4n) is 4.10. The van der Waals surface area contributed by atoms with Crippen molar-refractivity contribution in [1.29, 1.82) is 0 Å². The standard InChI is InChI=1S/C24H33N5O2/c1-24(2,3)29-21(18-9-10-18)17-20(26-29)23(31)25-12-11-22(30)28-15-13-27(14-16-28)19-7-5-4-6-8-19/h4-8,17-18H,9-16H2,1-3H3,(H,25,31). The van der Waals surface area contributed by atoms with Gasteiger partial charge in [0.2, 0.25) is 5.91 Å². The molecule has 31 heavy (non-hydrogen) atoms. The number of amides is 2. The van der Waals surface area contributed by atoms with Crippen molar-refractivity contribution in [3.05, 3.63) is 47.8 Å². The minimum absolute atomic E-state index is 0.0897. The van der Waals surface area contributed by atoms with Crippen LogP contribution >= 0.6 is 0 Å². The number of hydrogen-bond acceptors (Lipinski definition) is 4. The van der Waals surface area contributed by atoms with Gasteiger partial charge in [-0.2, -0.15) is 5.10 Å². The molecule has 0 bridgehead atoms. The summed E-state index contributed by atoms with van der Waals surface area (Å²) in [6.07, 6.45) is 2.64. The topological polar surface area (TPSA) is 70.5 Å². The van der Waals surface area contributed by atoms with Crippen LogP contribution in [0.1, 0.15) is 62.1 Å². The normalized spacial score (nSPS) is 17.0. The van der Waals surface area contributed by atoms with Crippen LogP contribution in [-0.4, -0.2) is 59.2 Å². The Kier molecular flexibility index (Phi) is 6.03. The Morgan fingerprint density at radius 2 is 1.74 bits per heavy atom. The summed E-state index contributed by atoms with van der Waals surface area (Å²) in [7, 11) is 0. The maximum atomic E-state index is 12.6. The minimum Gasteiger partial charge on any atom is -0.368 e. The molecule has 0 unspecified atom stereocenters. The maximum Gasteiger partial charge on any atom is 0.271 e. The third-order valence-corrected chi connectivity index (χ3v) is 5.98. The van der Waals surface area contributed by atoms with Crippen LogP contribution in [0, 0.1) is 0 Å². The molecule has 2 aliphatic rings. The molecule has 166 valence electrons. The monoisotopic (exact) mass is 423 g/mol. The zero-order valence-corrected chi connectivity index (χ0v) is 18.8. The van der Waals surface area contributed by atoms with Crippen LogP contribution in [0.2, 0.25) is 0 Å². The van der Waals surface area contributed by atoms with Crippen LogP contribution in [0.25, 0.3) is 0 Å². The summed E-state index contributed by atoms with van der Waals surface area (Å²) in [5.41, 5.74) is 2.63. The highest BCUT2D eigenvalue weighted by molar-refractivity contribution is 5.92. The third kappa shape index (κ3) is 5.09. The fourth-order valence-corrected chi connectivity index (χ4v) is 4.10. The Hall–Kier alpha value is -2.83. The Balaban J connectivity index is 1.25. The molecule has 1 aromatic heterocycles. The number of aromatic nitrogens is 2. The second kappa shape index (κ2) is 8.73. The Morgan fingerprint density at radius 1 is 1.06 bits per heavy atom. The van der Waals surface area contributed by atoms with Gasteiger partial charge in [0.15, 0.2) is 0 Å². The summed E-state index contributed by atoms with van der Waals surface area (Å²) in [6, 6.07) is 12.2. The summed E-state index contributed by atoms with van der Waals surface area (Å²) < 4.78 is 1.98. The summed E-state index contributed by atoms with van der Waals surface area (Å²) in [5.74, 6) is 0.405. The second-order valence-corrected chi connectivity index (χ2v) is 9.52. The number of benzene rings is 1. The van der Waals surface area contributed by atoms with E-state index in [0.717, 1.165) is 31.6 Å². The fraction of sp³-hybridized carbons (Fsp3) is 0.542. The molecule has 2 aromatic rings. The lowest BCUT2D eigenvalue weighted by Gasteiger charge is -2.36. The van der Waals surface area contributed by atoms with Crippen LogP contribution in [0.15, 0.2) is 36.4 Å². The second-order valence-electron chi connectivity index (χ2n) is 9.52. The van der Waals surface area contributed by atoms with Gasteiger partial charge in [-0.05, 0) is 51.8 Å². The highest BCUT2D eigenvalue weighted by Crippen LogP contribution is 2.41. The van der Waals surface area contributed by atoms with Crippen LogP contribution in [-0.2, 0) is 10.3 Å². The molecular formula is C24H33N5O2. The van der Waals surface area contributed by atoms with Gasteiger partial charge in [0.05, 0.1) is 5.54 Å². The van der Waals surface area contributed by atoms with Gasteiger partial charge in [-0.25, -0.2) is 0 Å². The van der Waals surface area contributed by atoms with E-state index >= 15 is 0 Å². The summed E-state index contributed by atoms with van der Waals surface area (Å²) in [6.45, 7) is 9.71. The van der Waals surface area contributed by atoms with Crippen molar-refractivity contribution < 1.29 is 9.59 Å². The molecule has 1 saturated carbocycles. The molecule has 1 aromatic carbocycles. The van der Waals surface area contributed by atoms with Crippen LogP contribution in [0.5, 0.6) is 0 Å². The van der Waals surface area contributed by atoms with E-state index in [4.69, 9.17) is 0 Å². The number of rotatable bonds is 6. The van der Waals surface area contributed by atoms with Crippen molar-refractivity contribution in [3.8, 4) is 0 Å². The molecule has 1 saturated heterocycles. The number of carbonyl (C=O) groups excluding carboxylic acids is 2. The van der Waals surface area contributed by atoms with E-state index in [9.17, 15) is 9.59 Å². The largest absolute Gasteiger partial charge is 0.368 e. The smallest absolute Gasteiger partial charge is 0.271 e. The molecule has 1 aliphatic heterocycles. The predicted octanol–water partition coefficient (Wildman–Crippen LogP) is 2.98. The third-order valence-electron chi connectivity index (χ3n) is 5.98. The number of piperazine rings is 1. The van der Waals surface area contributed by atoms with Crippen molar-refractivity contribution in [2.45, 2.75) is 51.5 Å². The highest BCUT2D eigenvalue weighted by Gasteiger charge is 2.32. The minimum atomic E-state index is -0.202. The van der Waals surface area contributed by atoms with Crippen molar-refractivity contribution in [1.82, 2.24) is 20.0 Å². The summed E-state index contributed by atoms with van der Waals surface area (Å²) in [5, 5.41) is 7.45. The zero-order chi connectivity index (χ0) is 22.0. The van der Waals surface area contributed by atoms with Gasteiger partial charge in [-0.1, -0.05) is 18.2 Å². The Morgan fingerprint density at radius 3 is 2.35 bits per heavy atom. The molecule has 1 N–H and O–H groups in total. The van der Waals surface area contributed by atoms with E-state index in [1.807, 2.05) is 33.8 Å². The molecule has 0 atom stereocenters. The first-order valence-electron chi connectivity index (χ1n) is 11.3. The summed E-state index contributed by atoms with van der Waals surface area (Å²) in [4.78, 5) is 29.4. The molecule has 7 heteroatoms. The van der Waals surface area contributed by atoms with Gasteiger partial charge in [0, 0.05) is 56.4 Å². The predicted molar refractivity (Wildman–Crippen MR) is 121 cm³/mol. The lowest BCUT2D eigenvalue weighted by molar-refractivity contribution is -0.131. The van der Waals surface area contributed by atoms with E-state index < -0.39 is 0 Å². The van der Waals surface area contributed by atoms with Gasteiger partial charge in [-0.3, -0.25) is 14.3 Å². The molecule has 1 aliphatic carbocycles. The number of nitrogens with one attached hydrogen (secondary N) is 1. The first-order valence-corrected chi connectivity index (χ1v) is 11.3. The molecular weight excluding hydrogens is 390 g/mol. The Bertz CT molecular complexity index is 919. The number of nitrogens with zero attached hydrogens (tertiary/aromatic N) is 4. The maximum absolute atomic E-state index is 12.6. The number of para-hydroxylation sites is 1. The SMILES string of the molecule is CC(C)(C)n1nc(C(=O)NCCC(=O)N2CCN(c3ccccc3)CC2)cc1C1CC1. The van der Waals surface area contributed by atoms with Crippen molar-refractivity contribution >= 4 is 17.5 Å². The average Bonchev–Trinajstić information content (AvgIpc) is 3.50. The van der Waals surface area contributed by atoms with E-state index in [1.54, 1.807) is 0 Å². The molecule has 2 amide bonds. The first-order chi connectivity index (χ1) is 14.8. The molecule has 4 rings (SSSR count). The quantitative estimate of drug-likeness (QED) is 0.776. The van der Waals surface area contributed by atoms with E-state index in [1.165, 1.54) is 5.69 Å². The molecule has 0 radical (unpaired) electrons. The van der Waals surface area contributed by atoms with Crippen molar-refractivity contribution in [2.75, 3.05) is 37.6 Å². The van der Waals surface area contributed by atoms with Gasteiger partial charge < -0.3 is 15.1 Å². The first kappa shape index (κ1) is 21.4. The van der Waals surface area contributed by atoms with Crippen LogP contribution in [0.4, 0.5) is 5.69 Å². The van der Waals surface area contributed by atoms with Gasteiger partial charge >= 0.3 is 0 Å². The van der Waals surface area contributed by atoms with Gasteiger partial charge in [-0.15, -0.1) is 0 Å². The molecule has 2 heterocycles. The van der Waals surface area contributed by atoms with Gasteiger partial charge in [0.25, 0.3) is 5.91 Å². The van der Waals surface area contributed by atoms with Crippen molar-refractivity contribution in [2.24, 2.45) is 0 Å². The van der Waals surface area contributed by atoms with E-state index in [2.05, 4.69) is 48.2 Å². The average molecular weight is 424 g/mol. The molecule has 2 fully saturated rings. The molecule has 7 nitrogen and oxygen atoms in total.